The van der Waals surface area contributed by atoms with E-state index in [4.69, 9.17) is 4.74 Å². The Balaban J connectivity index is 1.88. The van der Waals surface area contributed by atoms with Crippen molar-refractivity contribution < 1.29 is 18.3 Å². The van der Waals surface area contributed by atoms with Crippen LogP contribution in [0, 0.1) is 29.9 Å². The summed E-state index contributed by atoms with van der Waals surface area (Å²) in [5.41, 5.74) is 2.71. The molecule has 0 bridgehead atoms. The first kappa shape index (κ1) is 22.1. The first-order valence-electron chi connectivity index (χ1n) is 10.7. The van der Waals surface area contributed by atoms with Crippen LogP contribution in [0.4, 0.5) is 8.78 Å². The zero-order valence-corrected chi connectivity index (χ0v) is 18.7. The van der Waals surface area contributed by atoms with E-state index in [0.717, 1.165) is 12.1 Å². The number of carbonyl (C=O) groups is 1. The Bertz CT molecular complexity index is 1690. The van der Waals surface area contributed by atoms with Crippen LogP contribution in [0.1, 0.15) is 28.8 Å². The lowest BCUT2D eigenvalue weighted by Gasteiger charge is -2.13. The van der Waals surface area contributed by atoms with E-state index in [1.54, 1.807) is 48.7 Å². The van der Waals surface area contributed by atoms with Crippen molar-refractivity contribution >= 4 is 27.9 Å². The molecule has 0 unspecified atom stereocenters. The van der Waals surface area contributed by atoms with Crippen LogP contribution in [0.15, 0.2) is 54.9 Å². The highest BCUT2D eigenvalue weighted by molar-refractivity contribution is 6.05. The van der Waals surface area contributed by atoms with Crippen LogP contribution in [-0.2, 0) is 4.74 Å². The predicted octanol–water partition coefficient (Wildman–Crippen LogP) is 5.27. The highest BCUT2D eigenvalue weighted by Gasteiger charge is 2.22. The molecule has 3 aromatic heterocycles. The van der Waals surface area contributed by atoms with E-state index < -0.39 is 17.6 Å². The molecule has 0 aliphatic carbocycles. The summed E-state index contributed by atoms with van der Waals surface area (Å²) in [7, 11) is 0. The molecule has 5 aromatic rings. The molecule has 0 atom stereocenters. The summed E-state index contributed by atoms with van der Waals surface area (Å²) in [6.07, 6.45) is 2.89. The molecule has 0 spiro atoms. The number of nitrogens with zero attached hydrogens (tertiary/aromatic N) is 5. The monoisotopic (exact) mass is 469 g/mol. The summed E-state index contributed by atoms with van der Waals surface area (Å²) in [5.74, 6) is -1.42. The minimum Gasteiger partial charge on any atom is -0.462 e. The van der Waals surface area contributed by atoms with E-state index in [1.807, 2.05) is 6.07 Å². The standard InChI is InChI=1S/C26H17F2N5O2/c1-3-35-26(34)18-11-16(15-6-8-30-17(10-15)13-29)12-22-24(18)32-14(2)33(22)21-7-9-31-25-20(28)5-4-19(27)23(21)25/h4-12H,3H2,1-2H3. The Morgan fingerprint density at radius 1 is 1.03 bits per heavy atom. The number of hydrogen-bond acceptors (Lipinski definition) is 6. The third-order valence-corrected chi connectivity index (χ3v) is 5.64. The Hall–Kier alpha value is -4.71. The van der Waals surface area contributed by atoms with Crippen LogP contribution < -0.4 is 0 Å². The van der Waals surface area contributed by atoms with E-state index in [0.29, 0.717) is 33.7 Å². The van der Waals surface area contributed by atoms with Crippen molar-refractivity contribution in [1.29, 1.82) is 5.26 Å². The maximum Gasteiger partial charge on any atom is 0.340 e. The van der Waals surface area contributed by atoms with Crippen molar-refractivity contribution in [2.45, 2.75) is 13.8 Å². The predicted molar refractivity (Wildman–Crippen MR) is 125 cm³/mol. The van der Waals surface area contributed by atoms with Gasteiger partial charge in [0.15, 0.2) is 0 Å². The molecule has 0 saturated heterocycles. The minimum atomic E-state index is -0.654. The molecule has 7 nitrogen and oxygen atoms in total. The molecule has 9 heteroatoms. The van der Waals surface area contributed by atoms with Crippen molar-refractivity contribution in [3.8, 4) is 22.9 Å². The number of ether oxygens (including phenoxy) is 1. The molecule has 0 radical (unpaired) electrons. The number of fused-ring (bicyclic) bond motifs is 2. The average molecular weight is 469 g/mol. The number of halogens is 2. The molecular weight excluding hydrogens is 452 g/mol. The number of aromatic nitrogens is 4. The van der Waals surface area contributed by atoms with Crippen LogP contribution in [-0.4, -0.2) is 32.1 Å². The van der Waals surface area contributed by atoms with Gasteiger partial charge in [-0.05, 0) is 67.4 Å². The Morgan fingerprint density at radius 3 is 2.57 bits per heavy atom. The van der Waals surface area contributed by atoms with Crippen LogP contribution in [0.5, 0.6) is 0 Å². The zero-order chi connectivity index (χ0) is 24.7. The number of imidazole rings is 1. The first-order chi connectivity index (χ1) is 16.9. The van der Waals surface area contributed by atoms with Gasteiger partial charge in [0, 0.05) is 12.4 Å². The van der Waals surface area contributed by atoms with Crippen molar-refractivity contribution in [2.75, 3.05) is 6.61 Å². The Kier molecular flexibility index (Phi) is 5.41. The quantitative estimate of drug-likeness (QED) is 0.333. The van der Waals surface area contributed by atoms with E-state index in [9.17, 15) is 18.8 Å². The highest BCUT2D eigenvalue weighted by atomic mass is 19.1. The third kappa shape index (κ3) is 3.65. The van der Waals surface area contributed by atoms with Crippen LogP contribution >= 0.6 is 0 Å². The number of esters is 1. The fraction of sp³-hybridized carbons (Fsp3) is 0.115. The number of nitriles is 1. The molecule has 3 heterocycles. The van der Waals surface area contributed by atoms with Gasteiger partial charge in [0.25, 0.3) is 0 Å². The fourth-order valence-corrected chi connectivity index (χ4v) is 4.16. The number of hydrogen-bond donors (Lipinski definition) is 0. The van der Waals surface area contributed by atoms with Crippen molar-refractivity contribution in [3.63, 3.8) is 0 Å². The number of pyridine rings is 2. The maximum atomic E-state index is 14.9. The second-order valence-corrected chi connectivity index (χ2v) is 7.73. The maximum absolute atomic E-state index is 14.9. The topological polar surface area (TPSA) is 93.7 Å². The van der Waals surface area contributed by atoms with E-state index in [2.05, 4.69) is 15.0 Å². The van der Waals surface area contributed by atoms with Gasteiger partial charge >= 0.3 is 5.97 Å². The van der Waals surface area contributed by atoms with Gasteiger partial charge < -0.3 is 4.74 Å². The normalized spacial score (nSPS) is 11.1. The summed E-state index contributed by atoms with van der Waals surface area (Å²) in [6.45, 7) is 3.57. The van der Waals surface area contributed by atoms with Crippen LogP contribution in [0.2, 0.25) is 0 Å². The lowest BCUT2D eigenvalue weighted by atomic mass is 10.0. The highest BCUT2D eigenvalue weighted by Crippen LogP contribution is 2.34. The molecule has 0 saturated carbocycles. The van der Waals surface area contributed by atoms with Gasteiger partial charge in [-0.3, -0.25) is 9.55 Å². The summed E-state index contributed by atoms with van der Waals surface area (Å²) >= 11 is 0. The first-order valence-corrected chi connectivity index (χ1v) is 10.7. The molecule has 172 valence electrons. The van der Waals surface area contributed by atoms with E-state index in [-0.39, 0.29) is 28.8 Å². The molecule has 0 aliphatic heterocycles. The molecule has 0 fully saturated rings. The number of aryl methyl sites for hydroxylation is 1. The van der Waals surface area contributed by atoms with Gasteiger partial charge in [0.05, 0.1) is 28.8 Å². The number of benzene rings is 2. The fourth-order valence-electron chi connectivity index (χ4n) is 4.16. The van der Waals surface area contributed by atoms with Crippen molar-refractivity contribution in [1.82, 2.24) is 19.5 Å². The van der Waals surface area contributed by atoms with Gasteiger partial charge in [-0.25, -0.2) is 23.5 Å². The largest absolute Gasteiger partial charge is 0.462 e. The molecule has 5 rings (SSSR count). The molecule has 0 N–H and O–H groups in total. The second-order valence-electron chi connectivity index (χ2n) is 7.73. The van der Waals surface area contributed by atoms with Crippen LogP contribution in [0.25, 0.3) is 38.8 Å². The molecule has 2 aromatic carbocycles. The molecular formula is C26H17F2N5O2. The van der Waals surface area contributed by atoms with Gasteiger partial charge in [0.1, 0.15) is 40.3 Å². The number of rotatable bonds is 4. The molecule has 0 aliphatic rings. The lowest BCUT2D eigenvalue weighted by Crippen LogP contribution is -2.06. The van der Waals surface area contributed by atoms with Crippen molar-refractivity contribution in [2.24, 2.45) is 0 Å². The number of carbonyl (C=O) groups excluding carboxylic acids is 1. The van der Waals surface area contributed by atoms with E-state index in [1.165, 1.54) is 12.4 Å². The average Bonchev–Trinajstić information content (AvgIpc) is 3.21. The van der Waals surface area contributed by atoms with E-state index >= 15 is 0 Å². The SMILES string of the molecule is CCOC(=O)c1cc(-c2ccnc(C#N)c2)cc2c1nc(C)n2-c1ccnc2c(F)ccc(F)c12. The molecule has 0 amide bonds. The zero-order valence-electron chi connectivity index (χ0n) is 18.7. The van der Waals surface area contributed by atoms with Gasteiger partial charge in [-0.2, -0.15) is 5.26 Å². The summed E-state index contributed by atoms with van der Waals surface area (Å²) in [4.78, 5) is 25.5. The Labute approximate surface area is 198 Å². The van der Waals surface area contributed by atoms with Gasteiger partial charge in [-0.15, -0.1) is 0 Å². The summed E-state index contributed by atoms with van der Waals surface area (Å²) in [5, 5.41) is 9.26. The lowest BCUT2D eigenvalue weighted by molar-refractivity contribution is 0.0528. The van der Waals surface area contributed by atoms with Crippen molar-refractivity contribution in [3.05, 3.63) is 83.6 Å². The molecule has 35 heavy (non-hydrogen) atoms. The second kappa shape index (κ2) is 8.57. The minimum absolute atomic E-state index is 0.00587. The smallest absolute Gasteiger partial charge is 0.340 e. The Morgan fingerprint density at radius 2 is 1.80 bits per heavy atom. The van der Waals surface area contributed by atoms with Crippen LogP contribution in [0.3, 0.4) is 0 Å². The van der Waals surface area contributed by atoms with Gasteiger partial charge in [-0.1, -0.05) is 0 Å². The summed E-state index contributed by atoms with van der Waals surface area (Å²) in [6, 6.07) is 12.4. The van der Waals surface area contributed by atoms with Gasteiger partial charge in [0.2, 0.25) is 0 Å². The third-order valence-electron chi connectivity index (χ3n) is 5.64. The summed E-state index contributed by atoms with van der Waals surface area (Å²) < 4.78 is 36.3.